The van der Waals surface area contributed by atoms with Gasteiger partial charge in [-0.1, -0.05) is 60.7 Å². The average molecular weight is 364 g/mol. The Labute approximate surface area is 155 Å². The molecule has 0 bridgehead atoms. The predicted octanol–water partition coefficient (Wildman–Crippen LogP) is 3.10. The van der Waals surface area contributed by atoms with Crippen molar-refractivity contribution in [2.75, 3.05) is 6.54 Å². The van der Waals surface area contributed by atoms with Crippen molar-refractivity contribution in [3.8, 4) is 12.1 Å². The number of hydroxylamine groups is 2. The van der Waals surface area contributed by atoms with Gasteiger partial charge in [0.2, 0.25) is 12.1 Å². The van der Waals surface area contributed by atoms with Crippen molar-refractivity contribution in [3.05, 3.63) is 81.9 Å². The molecule has 1 saturated heterocycles. The largest absolute Gasteiger partial charge is 0.264 e. The molecule has 2 aromatic carbocycles. The van der Waals surface area contributed by atoms with Crippen LogP contribution in [0.5, 0.6) is 0 Å². The maximum atomic E-state index is 11.1. The Morgan fingerprint density at radius 3 is 2.33 bits per heavy atom. The number of nitrogens with zero attached hydrogens (tertiary/aromatic N) is 4. The van der Waals surface area contributed by atoms with Gasteiger partial charge >= 0.3 is 0 Å². The minimum absolute atomic E-state index is 0.0595. The molecule has 0 saturated carbocycles. The van der Waals surface area contributed by atoms with Gasteiger partial charge in [0.1, 0.15) is 18.2 Å². The van der Waals surface area contributed by atoms with Crippen LogP contribution in [-0.2, 0) is 9.68 Å². The van der Waals surface area contributed by atoms with Crippen LogP contribution < -0.4 is 0 Å². The Morgan fingerprint density at radius 2 is 1.78 bits per heavy atom. The molecule has 0 amide bonds. The van der Waals surface area contributed by atoms with Crippen LogP contribution in [0.25, 0.3) is 0 Å². The van der Waals surface area contributed by atoms with Gasteiger partial charge in [-0.05, 0) is 16.4 Å². The number of hydrogen-bond acceptors (Lipinski definition) is 7. The lowest BCUT2D eigenvalue weighted by Crippen LogP contribution is -2.42. The Hall–Kier alpha value is -3.30. The second-order valence-electron chi connectivity index (χ2n) is 6.07. The van der Waals surface area contributed by atoms with Crippen LogP contribution in [0.3, 0.4) is 0 Å². The quantitative estimate of drug-likeness (QED) is 0.571. The Bertz CT molecular complexity index is 862. The van der Waals surface area contributed by atoms with Crippen LogP contribution in [0.15, 0.2) is 60.7 Å². The van der Waals surface area contributed by atoms with Gasteiger partial charge in [0.25, 0.3) is 0 Å². The standard InChI is InChI=1S/C19H16N4O4/c20-13-19(14-21)11-17(15-7-3-1-4-8-15)26-23(19)27-18(12-22(24)25)16-9-5-2-6-10-16/h1-10,17-18H,11-12H2. The summed E-state index contributed by atoms with van der Waals surface area (Å²) in [6.07, 6.45) is -1.52. The highest BCUT2D eigenvalue weighted by atomic mass is 17.0. The molecular weight excluding hydrogens is 348 g/mol. The van der Waals surface area contributed by atoms with Crippen molar-refractivity contribution < 1.29 is 14.6 Å². The summed E-state index contributed by atoms with van der Waals surface area (Å²) in [6, 6.07) is 21.6. The smallest absolute Gasteiger partial charge is 0.247 e. The summed E-state index contributed by atoms with van der Waals surface area (Å²) < 4.78 is 0. The molecule has 8 heteroatoms. The summed E-state index contributed by atoms with van der Waals surface area (Å²) in [5.74, 6) is 0. The van der Waals surface area contributed by atoms with Crippen molar-refractivity contribution in [3.63, 3.8) is 0 Å². The number of benzene rings is 2. The van der Waals surface area contributed by atoms with Gasteiger partial charge in [-0.2, -0.15) is 10.5 Å². The molecule has 8 nitrogen and oxygen atoms in total. The lowest BCUT2D eigenvalue weighted by atomic mass is 9.94. The molecule has 1 heterocycles. The van der Waals surface area contributed by atoms with Crippen LogP contribution in [0, 0.1) is 32.8 Å². The lowest BCUT2D eigenvalue weighted by Gasteiger charge is -2.26. The van der Waals surface area contributed by atoms with Crippen LogP contribution in [0.2, 0.25) is 0 Å². The van der Waals surface area contributed by atoms with Gasteiger partial charge in [0, 0.05) is 11.3 Å². The third-order valence-electron chi connectivity index (χ3n) is 4.27. The Kier molecular flexibility index (Phi) is 5.43. The van der Waals surface area contributed by atoms with Crippen molar-refractivity contribution in [2.45, 2.75) is 24.2 Å². The number of nitro groups is 1. The molecular formula is C19H16N4O4. The van der Waals surface area contributed by atoms with Gasteiger partial charge < -0.3 is 0 Å². The van der Waals surface area contributed by atoms with Gasteiger partial charge in [-0.3, -0.25) is 19.8 Å². The topological polar surface area (TPSA) is 112 Å². The molecule has 0 aromatic heterocycles. The average Bonchev–Trinajstić information content (AvgIpc) is 3.07. The van der Waals surface area contributed by atoms with Gasteiger partial charge in [0.15, 0.2) is 6.10 Å². The van der Waals surface area contributed by atoms with E-state index in [0.29, 0.717) is 5.56 Å². The maximum absolute atomic E-state index is 11.1. The predicted molar refractivity (Wildman–Crippen MR) is 92.8 cm³/mol. The zero-order valence-corrected chi connectivity index (χ0v) is 14.3. The molecule has 0 spiro atoms. The first-order chi connectivity index (χ1) is 13.1. The number of nitriles is 2. The van der Waals surface area contributed by atoms with Crippen LogP contribution in [0.4, 0.5) is 0 Å². The third kappa shape index (κ3) is 3.94. The fraction of sp³-hybridized carbons (Fsp3) is 0.263. The summed E-state index contributed by atoms with van der Waals surface area (Å²) in [5.41, 5.74) is -0.376. The second-order valence-corrected chi connectivity index (χ2v) is 6.07. The molecule has 2 aromatic rings. The summed E-state index contributed by atoms with van der Waals surface area (Å²) in [4.78, 5) is 22.0. The molecule has 1 fully saturated rings. The van der Waals surface area contributed by atoms with E-state index in [2.05, 4.69) is 0 Å². The van der Waals surface area contributed by atoms with Gasteiger partial charge in [-0.15, -0.1) is 0 Å². The van der Waals surface area contributed by atoms with Crippen molar-refractivity contribution >= 4 is 0 Å². The fourth-order valence-corrected chi connectivity index (χ4v) is 2.86. The van der Waals surface area contributed by atoms with Crippen LogP contribution in [0.1, 0.15) is 29.8 Å². The van der Waals surface area contributed by atoms with Crippen molar-refractivity contribution in [2.24, 2.45) is 0 Å². The normalized spacial score (nSPS) is 19.7. The molecule has 136 valence electrons. The van der Waals surface area contributed by atoms with Gasteiger partial charge in [0.05, 0.1) is 0 Å². The third-order valence-corrected chi connectivity index (χ3v) is 4.27. The zero-order valence-electron chi connectivity index (χ0n) is 14.3. The highest BCUT2D eigenvalue weighted by Gasteiger charge is 2.51. The van der Waals surface area contributed by atoms with E-state index in [-0.39, 0.29) is 6.42 Å². The highest BCUT2D eigenvalue weighted by molar-refractivity contribution is 5.27. The molecule has 1 aliphatic rings. The van der Waals surface area contributed by atoms with Crippen molar-refractivity contribution in [1.82, 2.24) is 5.23 Å². The second kappa shape index (κ2) is 7.94. The summed E-state index contributed by atoms with van der Waals surface area (Å²) in [7, 11) is 0. The van der Waals surface area contributed by atoms with E-state index < -0.39 is 29.2 Å². The molecule has 2 unspecified atom stereocenters. The first-order valence-electron chi connectivity index (χ1n) is 8.26. The van der Waals surface area contributed by atoms with E-state index in [4.69, 9.17) is 9.68 Å². The first-order valence-corrected chi connectivity index (χ1v) is 8.26. The summed E-state index contributed by atoms with van der Waals surface area (Å²) >= 11 is 0. The molecule has 3 rings (SSSR count). The van der Waals surface area contributed by atoms with Crippen molar-refractivity contribution in [1.29, 1.82) is 10.5 Å². The van der Waals surface area contributed by atoms with E-state index in [1.54, 1.807) is 30.3 Å². The lowest BCUT2D eigenvalue weighted by molar-refractivity contribution is -0.511. The van der Waals surface area contributed by atoms with Crippen LogP contribution >= 0.6 is 0 Å². The summed E-state index contributed by atoms with van der Waals surface area (Å²) in [6.45, 7) is -0.535. The molecule has 0 aliphatic carbocycles. The zero-order chi connectivity index (χ0) is 19.3. The van der Waals surface area contributed by atoms with E-state index >= 15 is 0 Å². The molecule has 1 aliphatic heterocycles. The molecule has 0 N–H and O–H groups in total. The SMILES string of the molecule is N#CC1(C#N)CC(c2ccccc2)ON1OC(C[N+](=O)[O-])c1ccccc1. The molecule has 2 atom stereocenters. The van der Waals surface area contributed by atoms with E-state index in [0.717, 1.165) is 10.8 Å². The Balaban J connectivity index is 1.89. The fourth-order valence-electron chi connectivity index (χ4n) is 2.86. The highest BCUT2D eigenvalue weighted by Crippen LogP contribution is 2.41. The Morgan fingerprint density at radius 1 is 1.19 bits per heavy atom. The number of rotatable bonds is 6. The van der Waals surface area contributed by atoms with E-state index in [1.165, 1.54) is 0 Å². The number of hydrogen-bond donors (Lipinski definition) is 0. The van der Waals surface area contributed by atoms with Crippen LogP contribution in [-0.4, -0.2) is 22.2 Å². The monoisotopic (exact) mass is 364 g/mol. The first kappa shape index (κ1) is 18.5. The summed E-state index contributed by atoms with van der Waals surface area (Å²) in [5, 5.41) is 31.1. The van der Waals surface area contributed by atoms with E-state index in [1.807, 2.05) is 42.5 Å². The minimum Gasteiger partial charge on any atom is -0.264 e. The minimum atomic E-state index is -1.70. The molecule has 0 radical (unpaired) electrons. The van der Waals surface area contributed by atoms with Gasteiger partial charge in [-0.25, -0.2) is 0 Å². The molecule has 27 heavy (non-hydrogen) atoms. The maximum Gasteiger partial charge on any atom is 0.247 e. The van der Waals surface area contributed by atoms with E-state index in [9.17, 15) is 20.6 Å².